The molecule has 114 valence electrons. The minimum Gasteiger partial charge on any atom is -0.376 e. The Bertz CT molecular complexity index is 405. The number of methoxy groups -OCH3 is 1. The summed E-state index contributed by atoms with van der Waals surface area (Å²) >= 11 is 6.38. The van der Waals surface area contributed by atoms with Crippen LogP contribution in [-0.2, 0) is 11.8 Å². The van der Waals surface area contributed by atoms with Crippen LogP contribution in [0, 0.1) is 0 Å². The summed E-state index contributed by atoms with van der Waals surface area (Å²) in [7, 11) is 3.78. The van der Waals surface area contributed by atoms with Crippen LogP contribution < -0.4 is 5.32 Å². The van der Waals surface area contributed by atoms with Gasteiger partial charge in [0.1, 0.15) is 0 Å². The van der Waals surface area contributed by atoms with Crippen molar-refractivity contribution < 1.29 is 4.74 Å². The number of nitrogens with zero attached hydrogens (tertiary/aromatic N) is 2. The van der Waals surface area contributed by atoms with E-state index in [1.54, 1.807) is 6.20 Å². The molecule has 1 heterocycles. The summed E-state index contributed by atoms with van der Waals surface area (Å²) in [6.45, 7) is 3.01. The molecule has 0 saturated heterocycles. The Morgan fingerprint density at radius 2 is 2.05 bits per heavy atom. The molecule has 4 nitrogen and oxygen atoms in total. The number of rotatable bonds is 5. The summed E-state index contributed by atoms with van der Waals surface area (Å²) in [6.07, 6.45) is 8.88. The fourth-order valence-electron chi connectivity index (χ4n) is 3.42. The second kappa shape index (κ2) is 6.92. The van der Waals surface area contributed by atoms with Crippen LogP contribution in [0.25, 0.3) is 0 Å². The normalized spacial score (nSPS) is 20.6. The maximum Gasteiger partial charge on any atom is 0.0888 e. The molecular formula is C15H26ClN3O. The summed E-state index contributed by atoms with van der Waals surface area (Å²) in [4.78, 5) is 0. The lowest BCUT2D eigenvalue weighted by Crippen LogP contribution is -2.46. The van der Waals surface area contributed by atoms with E-state index < -0.39 is 0 Å². The Morgan fingerprint density at radius 3 is 2.50 bits per heavy atom. The van der Waals surface area contributed by atoms with E-state index >= 15 is 0 Å². The fourth-order valence-corrected chi connectivity index (χ4v) is 3.69. The summed E-state index contributed by atoms with van der Waals surface area (Å²) in [5, 5.41) is 8.60. The van der Waals surface area contributed by atoms with Crippen molar-refractivity contribution in [2.24, 2.45) is 7.05 Å². The molecular weight excluding hydrogens is 274 g/mol. The van der Waals surface area contributed by atoms with E-state index in [0.29, 0.717) is 0 Å². The smallest absolute Gasteiger partial charge is 0.0888 e. The molecule has 0 bridgehead atoms. The number of likely N-dealkylation sites (N-methyl/N-ethyl adjacent to an activating group) is 1. The number of nitrogens with one attached hydrogen (secondary N) is 1. The maximum atomic E-state index is 6.38. The highest BCUT2D eigenvalue weighted by Crippen LogP contribution is 2.41. The SMILES string of the molecule is CCNC(c1c(Cl)cnn1C)C1(OC)CCCCCC1. The van der Waals surface area contributed by atoms with Crippen LogP contribution in [0.1, 0.15) is 57.2 Å². The number of aryl methyl sites for hydroxylation is 1. The first kappa shape index (κ1) is 15.8. The standard InChI is InChI=1S/C15H26ClN3O/c1-4-17-14(13-12(16)11-18-19(13)2)15(20-3)9-7-5-6-8-10-15/h11,14,17H,4-10H2,1-3H3. The van der Waals surface area contributed by atoms with Gasteiger partial charge in [0.05, 0.1) is 28.6 Å². The average molecular weight is 300 g/mol. The topological polar surface area (TPSA) is 39.1 Å². The highest BCUT2D eigenvalue weighted by atomic mass is 35.5. The lowest BCUT2D eigenvalue weighted by molar-refractivity contribution is -0.0555. The molecule has 5 heteroatoms. The maximum absolute atomic E-state index is 6.38. The van der Waals surface area contributed by atoms with Gasteiger partial charge in [-0.05, 0) is 19.4 Å². The zero-order valence-electron chi connectivity index (χ0n) is 12.8. The molecule has 0 spiro atoms. The van der Waals surface area contributed by atoms with Gasteiger partial charge >= 0.3 is 0 Å². The Morgan fingerprint density at radius 1 is 1.40 bits per heavy atom. The van der Waals surface area contributed by atoms with Crippen LogP contribution in [0.4, 0.5) is 0 Å². The van der Waals surface area contributed by atoms with Crippen LogP contribution >= 0.6 is 11.6 Å². The van der Waals surface area contributed by atoms with Crippen LogP contribution in [-0.4, -0.2) is 29.0 Å². The first-order valence-electron chi connectivity index (χ1n) is 7.60. The van der Waals surface area contributed by atoms with Gasteiger partial charge in [-0.1, -0.05) is 44.2 Å². The monoisotopic (exact) mass is 299 g/mol. The summed E-state index contributed by atoms with van der Waals surface area (Å²) in [5.41, 5.74) is 0.862. The molecule has 1 N–H and O–H groups in total. The Hall–Kier alpha value is -0.580. The number of halogens is 1. The Balaban J connectivity index is 2.39. The van der Waals surface area contributed by atoms with Crippen molar-refractivity contribution in [1.29, 1.82) is 0 Å². The molecule has 1 aliphatic carbocycles. The van der Waals surface area contributed by atoms with E-state index in [1.807, 2.05) is 18.8 Å². The molecule has 1 aliphatic rings. The molecule has 0 aromatic carbocycles. The molecule has 20 heavy (non-hydrogen) atoms. The second-order valence-corrected chi connectivity index (χ2v) is 6.08. The third-order valence-corrected chi connectivity index (χ3v) is 4.79. The zero-order valence-corrected chi connectivity index (χ0v) is 13.5. The largest absolute Gasteiger partial charge is 0.376 e. The van der Waals surface area contributed by atoms with Crippen molar-refractivity contribution >= 4 is 11.6 Å². The van der Waals surface area contributed by atoms with E-state index in [0.717, 1.165) is 30.1 Å². The minimum absolute atomic E-state index is 0.0931. The van der Waals surface area contributed by atoms with Gasteiger partial charge < -0.3 is 10.1 Å². The molecule has 1 saturated carbocycles. The Labute approximate surface area is 126 Å². The Kier molecular flexibility index (Phi) is 5.47. The molecule has 0 radical (unpaired) electrons. The van der Waals surface area contributed by atoms with Crippen molar-refractivity contribution in [1.82, 2.24) is 15.1 Å². The first-order valence-corrected chi connectivity index (χ1v) is 7.98. The third-order valence-electron chi connectivity index (χ3n) is 4.50. The molecule has 1 unspecified atom stereocenters. The van der Waals surface area contributed by atoms with E-state index in [1.165, 1.54) is 25.7 Å². The van der Waals surface area contributed by atoms with E-state index in [9.17, 15) is 0 Å². The van der Waals surface area contributed by atoms with Crippen LogP contribution in [0.5, 0.6) is 0 Å². The predicted molar refractivity (Wildman–Crippen MR) is 82.1 cm³/mol. The number of hydrogen-bond acceptors (Lipinski definition) is 3. The van der Waals surface area contributed by atoms with Crippen molar-refractivity contribution in [2.45, 2.75) is 57.1 Å². The van der Waals surface area contributed by atoms with Gasteiger partial charge in [-0.2, -0.15) is 5.10 Å². The third kappa shape index (κ3) is 3.02. The number of ether oxygens (including phenoxy) is 1. The van der Waals surface area contributed by atoms with Crippen LogP contribution in [0.2, 0.25) is 5.02 Å². The zero-order chi connectivity index (χ0) is 14.6. The fraction of sp³-hybridized carbons (Fsp3) is 0.800. The number of aromatic nitrogens is 2. The summed E-state index contributed by atoms with van der Waals surface area (Å²) in [5.74, 6) is 0. The van der Waals surface area contributed by atoms with Crippen LogP contribution in [0.3, 0.4) is 0 Å². The van der Waals surface area contributed by atoms with E-state index in [2.05, 4.69) is 17.3 Å². The molecule has 2 rings (SSSR count). The minimum atomic E-state index is -0.177. The van der Waals surface area contributed by atoms with Gasteiger partial charge in [0.2, 0.25) is 0 Å². The summed E-state index contributed by atoms with van der Waals surface area (Å²) < 4.78 is 7.92. The quantitative estimate of drug-likeness (QED) is 0.846. The van der Waals surface area contributed by atoms with E-state index in [4.69, 9.17) is 16.3 Å². The van der Waals surface area contributed by atoms with Gasteiger partial charge in [-0.15, -0.1) is 0 Å². The van der Waals surface area contributed by atoms with Crippen LogP contribution in [0.15, 0.2) is 6.20 Å². The lowest BCUT2D eigenvalue weighted by Gasteiger charge is -2.40. The molecule has 0 amide bonds. The second-order valence-electron chi connectivity index (χ2n) is 5.68. The van der Waals surface area contributed by atoms with Gasteiger partial charge in [0.25, 0.3) is 0 Å². The van der Waals surface area contributed by atoms with Crippen molar-refractivity contribution in [3.63, 3.8) is 0 Å². The van der Waals surface area contributed by atoms with Gasteiger partial charge in [0, 0.05) is 14.2 Å². The van der Waals surface area contributed by atoms with Crippen molar-refractivity contribution in [3.05, 3.63) is 16.9 Å². The highest BCUT2D eigenvalue weighted by molar-refractivity contribution is 6.31. The molecule has 1 fully saturated rings. The van der Waals surface area contributed by atoms with Gasteiger partial charge in [0.15, 0.2) is 0 Å². The first-order chi connectivity index (χ1) is 9.64. The molecule has 1 aromatic heterocycles. The van der Waals surface area contributed by atoms with Crippen molar-refractivity contribution in [3.8, 4) is 0 Å². The van der Waals surface area contributed by atoms with Gasteiger partial charge in [-0.3, -0.25) is 4.68 Å². The molecule has 0 aliphatic heterocycles. The highest BCUT2D eigenvalue weighted by Gasteiger charge is 2.42. The lowest BCUT2D eigenvalue weighted by atomic mass is 9.84. The van der Waals surface area contributed by atoms with E-state index in [-0.39, 0.29) is 11.6 Å². The molecule has 1 atom stereocenters. The van der Waals surface area contributed by atoms with Crippen molar-refractivity contribution in [2.75, 3.05) is 13.7 Å². The average Bonchev–Trinajstić information content (AvgIpc) is 2.68. The number of hydrogen-bond donors (Lipinski definition) is 1. The molecule has 1 aromatic rings. The summed E-state index contributed by atoms with van der Waals surface area (Å²) in [6, 6.07) is 0.0931. The predicted octanol–water partition coefficient (Wildman–Crippen LogP) is 3.46. The van der Waals surface area contributed by atoms with Gasteiger partial charge in [-0.25, -0.2) is 0 Å².